The van der Waals surface area contributed by atoms with Crippen LogP contribution in [0, 0.1) is 5.92 Å². The van der Waals surface area contributed by atoms with Gasteiger partial charge in [0.25, 0.3) is 5.91 Å². The number of halogens is 1. The zero-order chi connectivity index (χ0) is 13.8. The predicted octanol–water partition coefficient (Wildman–Crippen LogP) is 2.04. The molecule has 2 atom stereocenters. The average Bonchev–Trinajstić information content (AvgIpc) is 2.41. The van der Waals surface area contributed by atoms with Gasteiger partial charge in [-0.15, -0.1) is 12.4 Å². The van der Waals surface area contributed by atoms with Gasteiger partial charge in [0.05, 0.1) is 0 Å². The number of hydrogen-bond acceptors (Lipinski definition) is 3. The van der Waals surface area contributed by atoms with Crippen molar-refractivity contribution in [1.82, 2.24) is 10.6 Å². The zero-order valence-electron chi connectivity index (χ0n) is 11.8. The predicted molar refractivity (Wildman–Crippen MR) is 81.6 cm³/mol. The average molecular weight is 297 g/mol. The molecule has 0 bridgehead atoms. The lowest BCUT2D eigenvalue weighted by Crippen LogP contribution is -2.48. The van der Waals surface area contributed by atoms with Gasteiger partial charge in [-0.05, 0) is 44.5 Å². The van der Waals surface area contributed by atoms with Crippen LogP contribution in [0.25, 0.3) is 0 Å². The first-order valence-electron chi connectivity index (χ1n) is 6.70. The van der Waals surface area contributed by atoms with Crippen LogP contribution in [0.1, 0.15) is 41.0 Å². The van der Waals surface area contributed by atoms with Gasteiger partial charge < -0.3 is 10.6 Å². The van der Waals surface area contributed by atoms with E-state index in [4.69, 9.17) is 0 Å². The summed E-state index contributed by atoms with van der Waals surface area (Å²) in [6, 6.07) is 7.03. The van der Waals surface area contributed by atoms with Crippen LogP contribution in [0.3, 0.4) is 0 Å². The molecule has 0 radical (unpaired) electrons. The van der Waals surface area contributed by atoms with E-state index >= 15 is 0 Å². The van der Waals surface area contributed by atoms with Crippen LogP contribution < -0.4 is 10.6 Å². The zero-order valence-corrected chi connectivity index (χ0v) is 12.6. The van der Waals surface area contributed by atoms with Crippen LogP contribution >= 0.6 is 12.4 Å². The fourth-order valence-corrected chi connectivity index (χ4v) is 2.34. The molecule has 20 heavy (non-hydrogen) atoms. The van der Waals surface area contributed by atoms with Crippen molar-refractivity contribution < 1.29 is 9.59 Å². The summed E-state index contributed by atoms with van der Waals surface area (Å²) < 4.78 is 0. The van der Waals surface area contributed by atoms with Gasteiger partial charge in [-0.3, -0.25) is 9.59 Å². The molecule has 2 unspecified atom stereocenters. The molecular formula is C15H21ClN2O2. The molecule has 0 saturated carbocycles. The van der Waals surface area contributed by atoms with Gasteiger partial charge >= 0.3 is 0 Å². The van der Waals surface area contributed by atoms with E-state index in [1.54, 1.807) is 24.3 Å². The normalized spacial score (nSPS) is 21.7. The number of piperidine rings is 1. The third-order valence-corrected chi connectivity index (χ3v) is 3.66. The Balaban J connectivity index is 0.00000200. The third kappa shape index (κ3) is 4.05. The van der Waals surface area contributed by atoms with Gasteiger partial charge in [-0.25, -0.2) is 0 Å². The number of amides is 1. The minimum absolute atomic E-state index is 0. The van der Waals surface area contributed by atoms with Crippen molar-refractivity contribution in [3.05, 3.63) is 35.4 Å². The lowest BCUT2D eigenvalue weighted by atomic mass is 9.95. The smallest absolute Gasteiger partial charge is 0.251 e. The summed E-state index contributed by atoms with van der Waals surface area (Å²) in [5.74, 6) is 0.391. The van der Waals surface area contributed by atoms with Crippen molar-refractivity contribution in [2.24, 2.45) is 5.92 Å². The molecular weight excluding hydrogens is 276 g/mol. The van der Waals surface area contributed by atoms with E-state index in [0.29, 0.717) is 17.0 Å². The number of ketones is 1. The minimum Gasteiger partial charge on any atom is -0.349 e. The summed E-state index contributed by atoms with van der Waals surface area (Å²) in [6.45, 7) is 5.54. The number of hydrogen-bond donors (Lipinski definition) is 2. The summed E-state index contributed by atoms with van der Waals surface area (Å²) in [5.41, 5.74) is 1.24. The molecule has 5 heteroatoms. The fourth-order valence-electron chi connectivity index (χ4n) is 2.34. The summed E-state index contributed by atoms with van der Waals surface area (Å²) in [4.78, 5) is 23.3. The Morgan fingerprint density at radius 2 is 1.80 bits per heavy atom. The Kier molecular flexibility index (Phi) is 6.17. The van der Waals surface area contributed by atoms with E-state index in [9.17, 15) is 9.59 Å². The Morgan fingerprint density at radius 3 is 2.35 bits per heavy atom. The van der Waals surface area contributed by atoms with Crippen molar-refractivity contribution in [3.63, 3.8) is 0 Å². The topological polar surface area (TPSA) is 58.2 Å². The first-order valence-corrected chi connectivity index (χ1v) is 6.70. The molecule has 1 amide bonds. The molecule has 0 aliphatic carbocycles. The number of benzene rings is 1. The van der Waals surface area contributed by atoms with Crippen molar-refractivity contribution in [1.29, 1.82) is 0 Å². The maximum atomic E-state index is 12.1. The molecule has 1 aliphatic heterocycles. The quantitative estimate of drug-likeness (QED) is 0.839. The highest BCUT2D eigenvalue weighted by atomic mass is 35.5. The van der Waals surface area contributed by atoms with E-state index in [0.717, 1.165) is 19.5 Å². The lowest BCUT2D eigenvalue weighted by molar-refractivity contribution is 0.0913. The Labute approximate surface area is 125 Å². The van der Waals surface area contributed by atoms with Gasteiger partial charge in [0, 0.05) is 17.2 Å². The van der Waals surface area contributed by atoms with Crippen LogP contribution in [0.15, 0.2) is 24.3 Å². The summed E-state index contributed by atoms with van der Waals surface area (Å²) >= 11 is 0. The second-order valence-corrected chi connectivity index (χ2v) is 5.18. The van der Waals surface area contributed by atoms with Gasteiger partial charge in [-0.2, -0.15) is 0 Å². The van der Waals surface area contributed by atoms with E-state index in [1.165, 1.54) is 6.92 Å². The molecule has 1 heterocycles. The van der Waals surface area contributed by atoms with Crippen molar-refractivity contribution >= 4 is 24.1 Å². The molecule has 1 aliphatic rings. The van der Waals surface area contributed by atoms with Crippen LogP contribution in [-0.2, 0) is 0 Å². The van der Waals surface area contributed by atoms with Crippen molar-refractivity contribution in [3.8, 4) is 0 Å². The molecule has 0 spiro atoms. The highest BCUT2D eigenvalue weighted by Crippen LogP contribution is 2.12. The fraction of sp³-hybridized carbons (Fsp3) is 0.467. The highest BCUT2D eigenvalue weighted by Gasteiger charge is 2.22. The SMILES string of the molecule is CC(=O)c1ccc(C(=O)NC2CCNCC2C)cc1.Cl. The largest absolute Gasteiger partial charge is 0.349 e. The number of nitrogens with one attached hydrogen (secondary N) is 2. The number of carbonyl (C=O) groups is 2. The molecule has 1 aromatic rings. The third-order valence-electron chi connectivity index (χ3n) is 3.66. The van der Waals surface area contributed by atoms with Crippen molar-refractivity contribution in [2.75, 3.05) is 13.1 Å². The van der Waals surface area contributed by atoms with Gasteiger partial charge in [0.15, 0.2) is 5.78 Å². The molecule has 1 fully saturated rings. The first kappa shape index (κ1) is 16.7. The number of rotatable bonds is 3. The molecule has 2 rings (SSSR count). The first-order chi connectivity index (χ1) is 9.08. The van der Waals surface area contributed by atoms with E-state index in [2.05, 4.69) is 17.6 Å². The number of Topliss-reactive ketones (excluding diaryl/α,β-unsaturated/α-hetero) is 1. The second kappa shape index (κ2) is 7.41. The Morgan fingerprint density at radius 1 is 1.20 bits per heavy atom. The van der Waals surface area contributed by atoms with Crippen LogP contribution in [0.5, 0.6) is 0 Å². The van der Waals surface area contributed by atoms with Crippen LogP contribution in [-0.4, -0.2) is 30.8 Å². The van der Waals surface area contributed by atoms with E-state index in [-0.39, 0.29) is 30.1 Å². The molecule has 110 valence electrons. The highest BCUT2D eigenvalue weighted by molar-refractivity contribution is 5.97. The molecule has 4 nitrogen and oxygen atoms in total. The summed E-state index contributed by atoms with van der Waals surface area (Å²) in [6.07, 6.45) is 0.957. The molecule has 0 aromatic heterocycles. The van der Waals surface area contributed by atoms with E-state index < -0.39 is 0 Å². The maximum absolute atomic E-state index is 12.1. The van der Waals surface area contributed by atoms with Gasteiger partial charge in [-0.1, -0.05) is 19.1 Å². The van der Waals surface area contributed by atoms with E-state index in [1.807, 2.05) is 0 Å². The Bertz CT molecular complexity index is 473. The van der Waals surface area contributed by atoms with Gasteiger partial charge in [0.2, 0.25) is 0 Å². The minimum atomic E-state index is -0.0612. The van der Waals surface area contributed by atoms with Crippen molar-refractivity contribution in [2.45, 2.75) is 26.3 Å². The summed E-state index contributed by atoms with van der Waals surface area (Å²) in [7, 11) is 0. The molecule has 1 saturated heterocycles. The monoisotopic (exact) mass is 296 g/mol. The van der Waals surface area contributed by atoms with Crippen LogP contribution in [0.2, 0.25) is 0 Å². The van der Waals surface area contributed by atoms with Gasteiger partial charge in [0.1, 0.15) is 0 Å². The van der Waals surface area contributed by atoms with Crippen LogP contribution in [0.4, 0.5) is 0 Å². The maximum Gasteiger partial charge on any atom is 0.251 e. The summed E-state index contributed by atoms with van der Waals surface area (Å²) in [5, 5.41) is 6.38. The second-order valence-electron chi connectivity index (χ2n) is 5.18. The lowest BCUT2D eigenvalue weighted by Gasteiger charge is -2.30. The molecule has 2 N–H and O–H groups in total. The Hall–Kier alpha value is -1.39. The standard InChI is InChI=1S/C15H20N2O2.ClH/c1-10-9-16-8-7-14(10)17-15(19)13-5-3-12(4-6-13)11(2)18;/h3-6,10,14,16H,7-9H2,1-2H3,(H,17,19);1H. The number of carbonyl (C=O) groups excluding carboxylic acids is 2. The molecule has 1 aromatic carbocycles.